The van der Waals surface area contributed by atoms with Crippen molar-refractivity contribution in [2.24, 2.45) is 0 Å². The molecule has 0 bridgehead atoms. The van der Waals surface area contributed by atoms with Crippen LogP contribution < -0.4 is 10.6 Å². The number of rotatable bonds is 5. The molecule has 3 aromatic rings. The van der Waals surface area contributed by atoms with E-state index < -0.39 is 0 Å². The van der Waals surface area contributed by atoms with Crippen LogP contribution in [0.2, 0.25) is 0 Å². The molecule has 1 amide bonds. The Bertz CT molecular complexity index is 863. The van der Waals surface area contributed by atoms with Gasteiger partial charge in [0, 0.05) is 10.4 Å². The van der Waals surface area contributed by atoms with Crippen LogP contribution in [-0.2, 0) is 17.6 Å². The molecule has 1 aliphatic heterocycles. The molecule has 0 spiro atoms. The molecule has 2 aromatic carbocycles. The van der Waals surface area contributed by atoms with Crippen LogP contribution in [0.15, 0.2) is 53.9 Å². The maximum atomic E-state index is 12.1. The quantitative estimate of drug-likeness (QED) is 0.717. The smallest absolute Gasteiger partial charge is 0.241 e. The van der Waals surface area contributed by atoms with E-state index in [1.54, 1.807) is 0 Å². The van der Waals surface area contributed by atoms with Gasteiger partial charge in [-0.15, -0.1) is 11.3 Å². The van der Waals surface area contributed by atoms with Gasteiger partial charge in [0.05, 0.1) is 6.04 Å². The van der Waals surface area contributed by atoms with Gasteiger partial charge in [0.25, 0.3) is 0 Å². The Morgan fingerprint density at radius 3 is 2.76 bits per heavy atom. The van der Waals surface area contributed by atoms with Gasteiger partial charge in [-0.2, -0.15) is 0 Å². The average molecular weight is 350 g/mol. The van der Waals surface area contributed by atoms with Gasteiger partial charge in [-0.05, 0) is 72.3 Å². The SMILES string of the molecule is O=C(Nc1ccc(CCc2csc3ccccc23)cc1)C1CCCN1. The Hall–Kier alpha value is -2.17. The third kappa shape index (κ3) is 3.75. The molecule has 3 nitrogen and oxygen atoms in total. The molecular weight excluding hydrogens is 328 g/mol. The van der Waals surface area contributed by atoms with Crippen molar-refractivity contribution in [3.8, 4) is 0 Å². The molecule has 4 heteroatoms. The topological polar surface area (TPSA) is 41.1 Å². The monoisotopic (exact) mass is 350 g/mol. The van der Waals surface area contributed by atoms with E-state index in [1.165, 1.54) is 21.2 Å². The minimum Gasteiger partial charge on any atom is -0.325 e. The van der Waals surface area contributed by atoms with Gasteiger partial charge in [-0.3, -0.25) is 4.79 Å². The first-order valence-electron chi connectivity index (χ1n) is 8.88. The lowest BCUT2D eigenvalue weighted by atomic mass is 10.0. The Morgan fingerprint density at radius 1 is 1.12 bits per heavy atom. The Kier molecular flexibility index (Phi) is 4.81. The molecule has 0 radical (unpaired) electrons. The summed E-state index contributed by atoms with van der Waals surface area (Å²) in [6, 6.07) is 16.8. The molecule has 1 saturated heterocycles. The lowest BCUT2D eigenvalue weighted by Gasteiger charge is -2.11. The molecule has 1 atom stereocenters. The van der Waals surface area contributed by atoms with E-state index in [-0.39, 0.29) is 11.9 Å². The summed E-state index contributed by atoms with van der Waals surface area (Å²) in [7, 11) is 0. The first-order chi connectivity index (χ1) is 12.3. The van der Waals surface area contributed by atoms with E-state index in [0.29, 0.717) is 0 Å². The molecule has 0 saturated carbocycles. The van der Waals surface area contributed by atoms with E-state index in [0.717, 1.165) is 37.9 Å². The maximum Gasteiger partial charge on any atom is 0.241 e. The van der Waals surface area contributed by atoms with Crippen LogP contribution in [0.4, 0.5) is 5.69 Å². The summed E-state index contributed by atoms with van der Waals surface area (Å²) in [4.78, 5) is 12.1. The predicted octanol–water partition coefficient (Wildman–Crippen LogP) is 4.38. The summed E-state index contributed by atoms with van der Waals surface area (Å²) in [6.45, 7) is 0.939. The van der Waals surface area contributed by atoms with Gasteiger partial charge < -0.3 is 10.6 Å². The second-order valence-electron chi connectivity index (χ2n) is 6.59. The summed E-state index contributed by atoms with van der Waals surface area (Å²) >= 11 is 1.82. The van der Waals surface area contributed by atoms with Gasteiger partial charge >= 0.3 is 0 Å². The van der Waals surface area contributed by atoms with Crippen molar-refractivity contribution in [3.63, 3.8) is 0 Å². The van der Waals surface area contributed by atoms with Crippen LogP contribution >= 0.6 is 11.3 Å². The number of hydrogen-bond donors (Lipinski definition) is 2. The van der Waals surface area contributed by atoms with Crippen molar-refractivity contribution in [3.05, 3.63) is 65.0 Å². The highest BCUT2D eigenvalue weighted by Crippen LogP contribution is 2.26. The Balaban J connectivity index is 1.36. The number of aryl methyl sites for hydroxylation is 2. The Labute approximate surface area is 152 Å². The number of hydrogen-bond acceptors (Lipinski definition) is 3. The summed E-state index contributed by atoms with van der Waals surface area (Å²) in [6.07, 6.45) is 4.06. The third-order valence-corrected chi connectivity index (χ3v) is 5.85. The van der Waals surface area contributed by atoms with E-state index in [2.05, 4.69) is 52.4 Å². The summed E-state index contributed by atoms with van der Waals surface area (Å²) in [5.41, 5.74) is 3.60. The van der Waals surface area contributed by atoms with Gasteiger partial charge in [0.1, 0.15) is 0 Å². The molecule has 1 fully saturated rings. The van der Waals surface area contributed by atoms with Crippen molar-refractivity contribution >= 4 is 33.0 Å². The molecular formula is C21H22N2OS. The molecule has 1 aliphatic rings. The summed E-state index contributed by atoms with van der Waals surface area (Å²) in [5.74, 6) is 0.0787. The van der Waals surface area contributed by atoms with Crippen molar-refractivity contribution < 1.29 is 4.79 Å². The van der Waals surface area contributed by atoms with Gasteiger partial charge in [0.2, 0.25) is 5.91 Å². The molecule has 2 N–H and O–H groups in total. The molecule has 128 valence electrons. The maximum absolute atomic E-state index is 12.1. The van der Waals surface area contributed by atoms with Crippen molar-refractivity contribution in [2.75, 3.05) is 11.9 Å². The average Bonchev–Trinajstić information content (AvgIpc) is 3.31. The third-order valence-electron chi connectivity index (χ3n) is 4.84. The molecule has 4 rings (SSSR count). The minimum absolute atomic E-state index is 0.0356. The number of thiophene rings is 1. The molecule has 1 aromatic heterocycles. The largest absolute Gasteiger partial charge is 0.325 e. The van der Waals surface area contributed by atoms with Gasteiger partial charge in [-0.1, -0.05) is 30.3 Å². The second-order valence-corrected chi connectivity index (χ2v) is 7.50. The number of benzene rings is 2. The van der Waals surface area contributed by atoms with Gasteiger partial charge in [0.15, 0.2) is 0 Å². The standard InChI is InChI=1S/C21H22N2OS/c24-21(19-5-3-13-22-19)23-17-11-8-15(9-12-17)7-10-16-14-25-20-6-2-1-4-18(16)20/h1-2,4,6,8-9,11-12,14,19,22H,3,5,7,10,13H2,(H,23,24). The molecule has 2 heterocycles. The zero-order chi connectivity index (χ0) is 17.1. The van der Waals surface area contributed by atoms with E-state index in [9.17, 15) is 4.79 Å². The van der Waals surface area contributed by atoms with Crippen LogP contribution in [0, 0.1) is 0 Å². The normalized spacial score (nSPS) is 17.0. The summed E-state index contributed by atoms with van der Waals surface area (Å²) in [5, 5.41) is 9.88. The Morgan fingerprint density at radius 2 is 1.96 bits per heavy atom. The van der Waals surface area contributed by atoms with Gasteiger partial charge in [-0.25, -0.2) is 0 Å². The zero-order valence-corrected chi connectivity index (χ0v) is 14.9. The fourth-order valence-electron chi connectivity index (χ4n) is 3.40. The van der Waals surface area contributed by atoms with Crippen molar-refractivity contribution in [1.29, 1.82) is 0 Å². The number of carbonyl (C=O) groups is 1. The highest BCUT2D eigenvalue weighted by Gasteiger charge is 2.21. The minimum atomic E-state index is -0.0356. The number of carbonyl (C=O) groups excluding carboxylic acids is 1. The first kappa shape index (κ1) is 16.3. The van der Waals surface area contributed by atoms with Crippen LogP contribution in [-0.4, -0.2) is 18.5 Å². The van der Waals surface area contributed by atoms with Crippen LogP contribution in [0.5, 0.6) is 0 Å². The number of amides is 1. The second kappa shape index (κ2) is 7.38. The fraction of sp³-hybridized carbons (Fsp3) is 0.286. The van der Waals surface area contributed by atoms with E-state index in [1.807, 2.05) is 23.5 Å². The predicted molar refractivity (Wildman–Crippen MR) is 105 cm³/mol. The zero-order valence-electron chi connectivity index (χ0n) is 14.1. The fourth-order valence-corrected chi connectivity index (χ4v) is 4.40. The lowest BCUT2D eigenvalue weighted by Crippen LogP contribution is -2.35. The lowest BCUT2D eigenvalue weighted by molar-refractivity contribution is -0.117. The summed E-state index contributed by atoms with van der Waals surface area (Å²) < 4.78 is 1.36. The van der Waals surface area contributed by atoms with Crippen LogP contribution in [0.25, 0.3) is 10.1 Å². The van der Waals surface area contributed by atoms with Crippen molar-refractivity contribution in [2.45, 2.75) is 31.7 Å². The highest BCUT2D eigenvalue weighted by atomic mass is 32.1. The van der Waals surface area contributed by atoms with E-state index >= 15 is 0 Å². The molecule has 0 aliphatic carbocycles. The number of nitrogens with one attached hydrogen (secondary N) is 2. The van der Waals surface area contributed by atoms with Crippen LogP contribution in [0.1, 0.15) is 24.0 Å². The van der Waals surface area contributed by atoms with E-state index in [4.69, 9.17) is 0 Å². The number of anilines is 1. The molecule has 25 heavy (non-hydrogen) atoms. The van der Waals surface area contributed by atoms with Crippen molar-refractivity contribution in [1.82, 2.24) is 5.32 Å². The van der Waals surface area contributed by atoms with Crippen LogP contribution in [0.3, 0.4) is 0 Å². The highest BCUT2D eigenvalue weighted by molar-refractivity contribution is 7.17. The number of fused-ring (bicyclic) bond motifs is 1. The first-order valence-corrected chi connectivity index (χ1v) is 9.76. The molecule has 1 unspecified atom stereocenters.